The molecular weight excluding hydrogens is 276 g/mol. The molecule has 0 bridgehead atoms. The Hall–Kier alpha value is -1.08. The zero-order chi connectivity index (χ0) is 13.9. The molecule has 1 aromatic rings. The fourth-order valence-electron chi connectivity index (χ4n) is 2.30. The third-order valence-corrected chi connectivity index (χ3v) is 4.55. The van der Waals surface area contributed by atoms with E-state index in [0.717, 1.165) is 49.8 Å². The van der Waals surface area contributed by atoms with E-state index in [-0.39, 0.29) is 12.0 Å². The average Bonchev–Trinajstić information content (AvgIpc) is 2.97. The average molecular weight is 296 g/mol. The molecule has 0 aromatic carbocycles. The van der Waals surface area contributed by atoms with Crippen LogP contribution in [0.4, 0.5) is 0 Å². The molecular formula is C13H20N4O2S. The van der Waals surface area contributed by atoms with Gasteiger partial charge in [-0.05, 0) is 32.6 Å². The summed E-state index contributed by atoms with van der Waals surface area (Å²) in [7, 11) is 0. The molecule has 0 unspecified atom stereocenters. The first-order chi connectivity index (χ1) is 9.72. The molecule has 7 heteroatoms. The fraction of sp³-hybridized carbons (Fsp3) is 0.769. The third-order valence-electron chi connectivity index (χ3n) is 3.59. The maximum absolute atomic E-state index is 11.7. The SMILES string of the molecule is Cc1nnc(SCC(=O)NC2CC2)n1C[C@@H]1CCCO1. The van der Waals surface area contributed by atoms with Crippen molar-refractivity contribution in [3.05, 3.63) is 5.82 Å². The number of aromatic nitrogens is 3. The predicted molar refractivity (Wildman–Crippen MR) is 75.6 cm³/mol. The molecule has 2 heterocycles. The number of aryl methyl sites for hydroxylation is 1. The Morgan fingerprint density at radius 2 is 2.30 bits per heavy atom. The van der Waals surface area contributed by atoms with Crippen molar-refractivity contribution in [3.63, 3.8) is 0 Å². The molecule has 1 atom stereocenters. The zero-order valence-electron chi connectivity index (χ0n) is 11.7. The van der Waals surface area contributed by atoms with E-state index in [4.69, 9.17) is 4.74 Å². The lowest BCUT2D eigenvalue weighted by Crippen LogP contribution is -2.27. The molecule has 1 N–H and O–H groups in total. The smallest absolute Gasteiger partial charge is 0.230 e. The lowest BCUT2D eigenvalue weighted by atomic mass is 10.2. The predicted octanol–water partition coefficient (Wildman–Crippen LogP) is 1.14. The topological polar surface area (TPSA) is 69.0 Å². The van der Waals surface area contributed by atoms with Gasteiger partial charge in [0.05, 0.1) is 18.4 Å². The van der Waals surface area contributed by atoms with E-state index < -0.39 is 0 Å². The number of ether oxygens (including phenoxy) is 1. The van der Waals surface area contributed by atoms with E-state index in [2.05, 4.69) is 20.1 Å². The number of nitrogens with one attached hydrogen (secondary N) is 1. The van der Waals surface area contributed by atoms with E-state index in [1.807, 2.05) is 6.92 Å². The molecule has 1 aliphatic heterocycles. The summed E-state index contributed by atoms with van der Waals surface area (Å²) in [6.07, 6.45) is 4.70. The molecule has 6 nitrogen and oxygen atoms in total. The van der Waals surface area contributed by atoms with E-state index in [1.165, 1.54) is 11.8 Å². The van der Waals surface area contributed by atoms with Gasteiger partial charge in [-0.25, -0.2) is 0 Å². The van der Waals surface area contributed by atoms with Crippen LogP contribution in [0.15, 0.2) is 5.16 Å². The number of thioether (sulfide) groups is 1. The van der Waals surface area contributed by atoms with Gasteiger partial charge in [0.15, 0.2) is 5.16 Å². The lowest BCUT2D eigenvalue weighted by Gasteiger charge is -2.13. The highest BCUT2D eigenvalue weighted by atomic mass is 32.2. The van der Waals surface area contributed by atoms with Crippen LogP contribution in [0.3, 0.4) is 0 Å². The lowest BCUT2D eigenvalue weighted by molar-refractivity contribution is -0.118. The monoisotopic (exact) mass is 296 g/mol. The van der Waals surface area contributed by atoms with Gasteiger partial charge >= 0.3 is 0 Å². The molecule has 1 aliphatic carbocycles. The third kappa shape index (κ3) is 3.52. The van der Waals surface area contributed by atoms with Crippen molar-refractivity contribution in [3.8, 4) is 0 Å². The van der Waals surface area contributed by atoms with Crippen molar-refractivity contribution >= 4 is 17.7 Å². The van der Waals surface area contributed by atoms with E-state index in [9.17, 15) is 4.79 Å². The minimum absolute atomic E-state index is 0.0850. The molecule has 2 fully saturated rings. The molecule has 110 valence electrons. The van der Waals surface area contributed by atoms with Crippen LogP contribution in [0.2, 0.25) is 0 Å². The van der Waals surface area contributed by atoms with Crippen molar-refractivity contribution in [2.45, 2.75) is 56.5 Å². The zero-order valence-corrected chi connectivity index (χ0v) is 12.5. The maximum atomic E-state index is 11.7. The number of carbonyl (C=O) groups excluding carboxylic acids is 1. The van der Waals surface area contributed by atoms with Gasteiger partial charge in [-0.2, -0.15) is 0 Å². The van der Waals surface area contributed by atoms with Crippen molar-refractivity contribution in [2.75, 3.05) is 12.4 Å². The minimum atomic E-state index is 0.0850. The summed E-state index contributed by atoms with van der Waals surface area (Å²) in [5.41, 5.74) is 0. The largest absolute Gasteiger partial charge is 0.376 e. The van der Waals surface area contributed by atoms with Crippen molar-refractivity contribution in [1.82, 2.24) is 20.1 Å². The number of hydrogen-bond donors (Lipinski definition) is 1. The molecule has 20 heavy (non-hydrogen) atoms. The summed E-state index contributed by atoms with van der Waals surface area (Å²) in [4.78, 5) is 11.7. The van der Waals surface area contributed by atoms with Gasteiger partial charge in [-0.15, -0.1) is 10.2 Å². The van der Waals surface area contributed by atoms with E-state index in [1.54, 1.807) is 0 Å². The van der Waals surface area contributed by atoms with Gasteiger partial charge in [-0.3, -0.25) is 4.79 Å². The summed E-state index contributed by atoms with van der Waals surface area (Å²) >= 11 is 1.45. The molecule has 3 rings (SSSR count). The van der Waals surface area contributed by atoms with Crippen LogP contribution >= 0.6 is 11.8 Å². The summed E-state index contributed by atoms with van der Waals surface area (Å²) < 4.78 is 7.72. The Labute approximate surface area is 122 Å². The maximum Gasteiger partial charge on any atom is 0.230 e. The Morgan fingerprint density at radius 1 is 1.45 bits per heavy atom. The van der Waals surface area contributed by atoms with Crippen LogP contribution in [-0.2, 0) is 16.1 Å². The molecule has 1 saturated carbocycles. The van der Waals surface area contributed by atoms with E-state index in [0.29, 0.717) is 11.8 Å². The summed E-state index contributed by atoms with van der Waals surface area (Å²) in [5, 5.41) is 12.1. The highest BCUT2D eigenvalue weighted by molar-refractivity contribution is 7.99. The van der Waals surface area contributed by atoms with Gasteiger partial charge in [0.2, 0.25) is 5.91 Å². The van der Waals surface area contributed by atoms with Gasteiger partial charge in [-0.1, -0.05) is 11.8 Å². The standard InChI is InChI=1S/C13H20N4O2S/c1-9-15-16-13(17(9)7-11-3-2-6-19-11)20-8-12(18)14-10-4-5-10/h10-11H,2-8H2,1H3,(H,14,18)/t11-/m0/s1. The number of nitrogens with zero attached hydrogens (tertiary/aromatic N) is 3. The number of hydrogen-bond acceptors (Lipinski definition) is 5. The molecule has 1 aromatic heterocycles. The molecule has 1 amide bonds. The van der Waals surface area contributed by atoms with Crippen LogP contribution in [0, 0.1) is 6.92 Å². The van der Waals surface area contributed by atoms with Crippen LogP contribution in [0.5, 0.6) is 0 Å². The fourth-order valence-corrected chi connectivity index (χ4v) is 3.10. The van der Waals surface area contributed by atoms with Gasteiger partial charge in [0.25, 0.3) is 0 Å². The second-order valence-corrected chi connectivity index (χ2v) is 6.35. The van der Waals surface area contributed by atoms with E-state index >= 15 is 0 Å². The highest BCUT2D eigenvalue weighted by Crippen LogP contribution is 2.22. The first-order valence-corrected chi connectivity index (χ1v) is 8.14. The molecule has 2 aliphatic rings. The minimum Gasteiger partial charge on any atom is -0.376 e. The Morgan fingerprint density at radius 3 is 3.00 bits per heavy atom. The molecule has 0 spiro atoms. The number of amides is 1. The summed E-state index contributed by atoms with van der Waals surface area (Å²) in [6.45, 7) is 3.57. The van der Waals surface area contributed by atoms with Crippen LogP contribution in [0.25, 0.3) is 0 Å². The number of carbonyl (C=O) groups is 1. The normalized spacial score (nSPS) is 22.1. The Kier molecular flexibility index (Phi) is 4.26. The van der Waals surface area contributed by atoms with Crippen LogP contribution in [-0.4, -0.2) is 45.2 Å². The Balaban J connectivity index is 1.56. The van der Waals surface area contributed by atoms with Crippen molar-refractivity contribution < 1.29 is 9.53 Å². The van der Waals surface area contributed by atoms with Gasteiger partial charge in [0, 0.05) is 12.6 Å². The van der Waals surface area contributed by atoms with Crippen LogP contribution < -0.4 is 5.32 Å². The highest BCUT2D eigenvalue weighted by Gasteiger charge is 2.24. The second kappa shape index (κ2) is 6.13. The molecule has 0 radical (unpaired) electrons. The van der Waals surface area contributed by atoms with Crippen molar-refractivity contribution in [2.24, 2.45) is 0 Å². The van der Waals surface area contributed by atoms with Gasteiger partial charge in [0.1, 0.15) is 5.82 Å². The summed E-state index contributed by atoms with van der Waals surface area (Å²) in [6, 6.07) is 0.412. The number of rotatable bonds is 6. The van der Waals surface area contributed by atoms with Crippen LogP contribution in [0.1, 0.15) is 31.5 Å². The Bertz CT molecular complexity index is 481. The van der Waals surface area contributed by atoms with Gasteiger partial charge < -0.3 is 14.6 Å². The first kappa shape index (κ1) is 13.9. The quantitative estimate of drug-likeness (QED) is 0.797. The van der Waals surface area contributed by atoms with Crippen molar-refractivity contribution in [1.29, 1.82) is 0 Å². The first-order valence-electron chi connectivity index (χ1n) is 7.16. The second-order valence-electron chi connectivity index (χ2n) is 5.41. The summed E-state index contributed by atoms with van der Waals surface area (Å²) in [5.74, 6) is 1.37. The molecule has 1 saturated heterocycles.